The second kappa shape index (κ2) is 7.93. The largest absolute Gasteiger partial charge is 0.469 e. The molecular formula is C31H41N3O4. The molecule has 4 fully saturated rings. The molecule has 5 rings (SSSR count). The summed E-state index contributed by atoms with van der Waals surface area (Å²) in [6.45, 7) is 11.0. The Morgan fingerprint density at radius 3 is 2.26 bits per heavy atom. The summed E-state index contributed by atoms with van der Waals surface area (Å²) in [5.74, 6) is -0.966. The van der Waals surface area contributed by atoms with E-state index >= 15 is 0 Å². The van der Waals surface area contributed by atoms with Crippen LogP contribution in [0.1, 0.15) is 86.0 Å². The molecule has 0 N–H and O–H groups in total. The van der Waals surface area contributed by atoms with Crippen molar-refractivity contribution in [1.82, 2.24) is 4.90 Å². The quantitative estimate of drug-likeness (QED) is 0.452. The number of rotatable bonds is 1. The highest BCUT2D eigenvalue weighted by Crippen LogP contribution is 2.73. The van der Waals surface area contributed by atoms with E-state index in [1.54, 1.807) is 11.9 Å². The number of carbonyl (C=O) groups is 3. The third-order valence-corrected chi connectivity index (χ3v) is 12.4. The highest BCUT2D eigenvalue weighted by molar-refractivity contribution is 5.97. The average molecular weight is 520 g/mol. The molecule has 0 radical (unpaired) electrons. The number of piperidine rings is 1. The summed E-state index contributed by atoms with van der Waals surface area (Å²) in [4.78, 5) is 42.5. The Labute approximate surface area is 226 Å². The fourth-order valence-corrected chi connectivity index (χ4v) is 10.1. The third kappa shape index (κ3) is 3.02. The minimum absolute atomic E-state index is 0.0287. The van der Waals surface area contributed by atoms with Crippen molar-refractivity contribution in [2.45, 2.75) is 92.0 Å². The molecule has 4 aliphatic carbocycles. The van der Waals surface area contributed by atoms with Crippen molar-refractivity contribution in [3.8, 4) is 12.1 Å². The Hall–Kier alpha value is -2.67. The lowest BCUT2D eigenvalue weighted by Gasteiger charge is -2.69. The lowest BCUT2D eigenvalue weighted by Crippen LogP contribution is -2.69. The van der Waals surface area contributed by atoms with Gasteiger partial charge in [0.1, 0.15) is 0 Å². The van der Waals surface area contributed by atoms with Gasteiger partial charge in [-0.1, -0.05) is 40.2 Å². The van der Waals surface area contributed by atoms with E-state index < -0.39 is 22.2 Å². The number of allylic oxidation sites excluding steroid dienone is 1. The Morgan fingerprint density at radius 1 is 1.03 bits per heavy atom. The number of fused-ring (bicyclic) bond motifs is 7. The van der Waals surface area contributed by atoms with Crippen LogP contribution in [0.4, 0.5) is 0 Å². The van der Waals surface area contributed by atoms with Gasteiger partial charge < -0.3 is 9.64 Å². The molecule has 7 heteroatoms. The van der Waals surface area contributed by atoms with Crippen LogP contribution < -0.4 is 0 Å². The van der Waals surface area contributed by atoms with Crippen molar-refractivity contribution in [1.29, 1.82) is 10.5 Å². The topological polar surface area (TPSA) is 111 Å². The number of esters is 1. The first-order valence-corrected chi connectivity index (χ1v) is 14.1. The van der Waals surface area contributed by atoms with Crippen molar-refractivity contribution >= 4 is 17.7 Å². The van der Waals surface area contributed by atoms with E-state index in [0.29, 0.717) is 6.42 Å². The molecule has 0 aromatic heterocycles. The van der Waals surface area contributed by atoms with E-state index in [2.05, 4.69) is 34.6 Å². The highest BCUT2D eigenvalue weighted by Gasteiger charge is 2.72. The first-order valence-electron chi connectivity index (χ1n) is 14.1. The van der Waals surface area contributed by atoms with Crippen LogP contribution in [-0.4, -0.2) is 42.8 Å². The molecule has 1 amide bonds. The number of carbonyl (C=O) groups excluding carboxylic acids is 3. The average Bonchev–Trinajstić information content (AvgIpc) is 2.87. The van der Waals surface area contributed by atoms with Crippen LogP contribution in [0.25, 0.3) is 0 Å². The van der Waals surface area contributed by atoms with Gasteiger partial charge in [-0.15, -0.1) is 0 Å². The molecule has 7 nitrogen and oxygen atoms in total. The second-order valence-corrected chi connectivity index (χ2v) is 14.5. The summed E-state index contributed by atoms with van der Waals surface area (Å²) in [6, 6.07) is 3.91. The van der Waals surface area contributed by atoms with Crippen molar-refractivity contribution in [2.24, 2.45) is 44.3 Å². The van der Waals surface area contributed by atoms with E-state index in [4.69, 9.17) is 4.74 Å². The molecule has 1 heterocycles. The van der Waals surface area contributed by atoms with Crippen LogP contribution in [0, 0.1) is 67.0 Å². The Balaban J connectivity index is 1.68. The van der Waals surface area contributed by atoms with E-state index in [9.17, 15) is 24.9 Å². The zero-order valence-electron chi connectivity index (χ0n) is 23.9. The predicted molar refractivity (Wildman–Crippen MR) is 140 cm³/mol. The van der Waals surface area contributed by atoms with Gasteiger partial charge in [0.2, 0.25) is 5.41 Å². The van der Waals surface area contributed by atoms with Crippen molar-refractivity contribution < 1.29 is 19.1 Å². The molecule has 5 aliphatic rings. The molecule has 1 saturated heterocycles. The van der Waals surface area contributed by atoms with Crippen LogP contribution >= 0.6 is 0 Å². The molecule has 38 heavy (non-hydrogen) atoms. The van der Waals surface area contributed by atoms with Crippen molar-refractivity contribution in [2.75, 3.05) is 14.2 Å². The lowest BCUT2D eigenvalue weighted by atomic mass is 9.35. The number of amides is 1. The van der Waals surface area contributed by atoms with Crippen LogP contribution in [0.2, 0.25) is 0 Å². The maximum atomic E-state index is 14.4. The molecule has 7 atom stereocenters. The van der Waals surface area contributed by atoms with E-state index in [1.807, 2.05) is 18.2 Å². The zero-order valence-corrected chi connectivity index (χ0v) is 23.9. The third-order valence-electron chi connectivity index (χ3n) is 12.4. The Kier molecular flexibility index (Phi) is 5.62. The number of likely N-dealkylation sites (tertiary alicyclic amines) is 1. The first-order chi connectivity index (χ1) is 17.6. The van der Waals surface area contributed by atoms with Gasteiger partial charge in [-0.2, -0.15) is 10.5 Å². The first kappa shape index (κ1) is 26.9. The molecule has 204 valence electrons. The van der Waals surface area contributed by atoms with E-state index in [0.717, 1.165) is 44.1 Å². The number of methoxy groups -OCH3 is 1. The fraction of sp³-hybridized carbons (Fsp3) is 0.774. The summed E-state index contributed by atoms with van der Waals surface area (Å²) in [6.07, 6.45) is 7.37. The number of ether oxygens (including phenoxy) is 1. The molecule has 1 aliphatic heterocycles. The van der Waals surface area contributed by atoms with Crippen LogP contribution in [0.5, 0.6) is 0 Å². The minimum Gasteiger partial charge on any atom is -0.469 e. The van der Waals surface area contributed by atoms with Gasteiger partial charge in [0.05, 0.1) is 24.7 Å². The van der Waals surface area contributed by atoms with Crippen molar-refractivity contribution in [3.05, 3.63) is 11.6 Å². The second-order valence-electron chi connectivity index (χ2n) is 14.5. The van der Waals surface area contributed by atoms with Gasteiger partial charge in [0.15, 0.2) is 5.78 Å². The molecule has 0 aromatic carbocycles. The van der Waals surface area contributed by atoms with Gasteiger partial charge in [-0.05, 0) is 79.6 Å². The molecule has 0 bridgehead atoms. The summed E-state index contributed by atoms with van der Waals surface area (Å²) >= 11 is 0. The molecule has 3 saturated carbocycles. The van der Waals surface area contributed by atoms with Gasteiger partial charge in [0.25, 0.3) is 5.91 Å². The fourth-order valence-electron chi connectivity index (χ4n) is 10.1. The number of ketones is 1. The molecule has 0 spiro atoms. The van der Waals surface area contributed by atoms with Crippen LogP contribution in [0.15, 0.2) is 11.6 Å². The lowest BCUT2D eigenvalue weighted by molar-refractivity contribution is -0.192. The van der Waals surface area contributed by atoms with E-state index in [1.165, 1.54) is 7.11 Å². The van der Waals surface area contributed by atoms with Gasteiger partial charge in [-0.3, -0.25) is 14.4 Å². The summed E-state index contributed by atoms with van der Waals surface area (Å²) in [5, 5.41) is 20.0. The van der Waals surface area contributed by atoms with Crippen molar-refractivity contribution in [3.63, 3.8) is 0 Å². The molecular weight excluding hydrogens is 478 g/mol. The normalized spacial score (nSPS) is 44.7. The maximum absolute atomic E-state index is 14.4. The monoisotopic (exact) mass is 519 g/mol. The summed E-state index contributed by atoms with van der Waals surface area (Å²) < 4.78 is 5.39. The maximum Gasteiger partial charge on any atom is 0.312 e. The molecule has 0 aromatic rings. The Morgan fingerprint density at radius 2 is 1.66 bits per heavy atom. The number of nitriles is 2. The predicted octanol–water partition coefficient (Wildman–Crippen LogP) is 4.97. The van der Waals surface area contributed by atoms with Crippen LogP contribution in [-0.2, 0) is 19.1 Å². The SMILES string of the molecule is COC(=O)[C@]12CCC(C)(C)C[C@H]1[C@H]1C(=O)C=C3[C@@]4(C)CC(C#N)(C#N)C(=O)N(C)[C@@H]4CC[C@@]3(C)[C@]1(C)CC2. The Bertz CT molecular complexity index is 1220. The van der Waals surface area contributed by atoms with E-state index in [-0.39, 0.29) is 52.3 Å². The number of hydrogen-bond donors (Lipinski definition) is 0. The van der Waals surface area contributed by atoms with Gasteiger partial charge in [-0.25, -0.2) is 0 Å². The molecule has 0 unspecified atom stereocenters. The summed E-state index contributed by atoms with van der Waals surface area (Å²) in [7, 11) is 3.16. The zero-order chi connectivity index (χ0) is 28.1. The van der Waals surface area contributed by atoms with Gasteiger partial charge >= 0.3 is 5.97 Å². The minimum atomic E-state index is -1.76. The highest BCUT2D eigenvalue weighted by atomic mass is 16.5. The van der Waals surface area contributed by atoms with Gasteiger partial charge in [0, 0.05) is 24.4 Å². The standard InChI is InChI=1S/C31H41N3O4/c1-26(2)10-12-31(25(37)38-7)13-11-29(5)23(19(31)15-26)20(35)14-21-27(3)16-30(17-32,18-33)24(36)34(6)22(27)8-9-28(21,29)4/h14,19,22-23H,8-13,15-16H2,1-7H3/t19-,22+,23-,27+,28+,29+,31-/m0/s1. The smallest absolute Gasteiger partial charge is 0.312 e. The summed E-state index contributed by atoms with van der Waals surface area (Å²) in [5.41, 5.74) is -2.81. The number of hydrogen-bond acceptors (Lipinski definition) is 6. The van der Waals surface area contributed by atoms with Crippen LogP contribution in [0.3, 0.4) is 0 Å². The number of nitrogens with zero attached hydrogens (tertiary/aromatic N) is 3.